The molecule has 0 aliphatic rings. The molecule has 28 heavy (non-hydrogen) atoms. The standard InChI is InChI=1S/C21H28N2O5/c1-6-8-13-17(15(11-12-22)23-18(13)21(24)28-7-2)14-9-10-16(25-3)20(27-5)19(14)26-4/h6,9-10,23H,1,7-8,11-12,22H2,2-5H3. The molecule has 7 heteroatoms. The number of allylic oxidation sites excluding steroid dienone is 1. The Morgan fingerprint density at radius 3 is 2.43 bits per heavy atom. The number of esters is 1. The van der Waals surface area contributed by atoms with E-state index in [9.17, 15) is 4.79 Å². The van der Waals surface area contributed by atoms with Gasteiger partial charge in [0.1, 0.15) is 5.69 Å². The summed E-state index contributed by atoms with van der Waals surface area (Å²) < 4.78 is 21.8. The molecule has 0 saturated heterocycles. The van der Waals surface area contributed by atoms with Crippen LogP contribution in [0.3, 0.4) is 0 Å². The van der Waals surface area contributed by atoms with Gasteiger partial charge in [-0.05, 0) is 37.6 Å². The molecule has 0 unspecified atom stereocenters. The van der Waals surface area contributed by atoms with Crippen molar-refractivity contribution in [3.05, 3.63) is 41.7 Å². The maximum absolute atomic E-state index is 12.5. The molecule has 0 aliphatic carbocycles. The predicted octanol–water partition coefficient (Wildman–Crippen LogP) is 3.11. The summed E-state index contributed by atoms with van der Waals surface area (Å²) in [5.74, 6) is 1.13. The predicted molar refractivity (Wildman–Crippen MR) is 109 cm³/mol. The monoisotopic (exact) mass is 388 g/mol. The van der Waals surface area contributed by atoms with Gasteiger partial charge in [0.15, 0.2) is 11.5 Å². The van der Waals surface area contributed by atoms with Gasteiger partial charge in [-0.1, -0.05) is 6.08 Å². The van der Waals surface area contributed by atoms with Crippen LogP contribution in [-0.2, 0) is 17.6 Å². The van der Waals surface area contributed by atoms with Crippen LogP contribution in [0.25, 0.3) is 11.1 Å². The zero-order valence-corrected chi connectivity index (χ0v) is 16.9. The minimum atomic E-state index is -0.414. The lowest BCUT2D eigenvalue weighted by atomic mass is 9.95. The van der Waals surface area contributed by atoms with Gasteiger partial charge in [0, 0.05) is 23.2 Å². The lowest BCUT2D eigenvalue weighted by Crippen LogP contribution is -2.08. The first-order valence-electron chi connectivity index (χ1n) is 9.08. The highest BCUT2D eigenvalue weighted by atomic mass is 16.5. The van der Waals surface area contributed by atoms with E-state index in [1.807, 2.05) is 6.07 Å². The summed E-state index contributed by atoms with van der Waals surface area (Å²) >= 11 is 0. The first-order valence-corrected chi connectivity index (χ1v) is 9.08. The van der Waals surface area contributed by atoms with E-state index < -0.39 is 5.97 Å². The summed E-state index contributed by atoms with van der Waals surface area (Å²) in [5, 5.41) is 0. The maximum atomic E-state index is 12.5. The van der Waals surface area contributed by atoms with E-state index in [4.69, 9.17) is 24.7 Å². The minimum Gasteiger partial charge on any atom is -0.493 e. The van der Waals surface area contributed by atoms with Gasteiger partial charge in [-0.2, -0.15) is 0 Å². The number of hydrogen-bond donors (Lipinski definition) is 2. The minimum absolute atomic E-state index is 0.284. The van der Waals surface area contributed by atoms with E-state index in [1.165, 1.54) is 0 Å². The second-order valence-electron chi connectivity index (χ2n) is 5.97. The first kappa shape index (κ1) is 21.4. The Morgan fingerprint density at radius 2 is 1.89 bits per heavy atom. The molecule has 3 N–H and O–H groups in total. The average Bonchev–Trinajstić information content (AvgIpc) is 3.05. The van der Waals surface area contributed by atoms with Crippen molar-refractivity contribution in [3.8, 4) is 28.4 Å². The number of benzene rings is 1. The van der Waals surface area contributed by atoms with E-state index in [0.29, 0.717) is 42.3 Å². The number of methoxy groups -OCH3 is 3. The third-order valence-corrected chi connectivity index (χ3v) is 4.38. The van der Waals surface area contributed by atoms with Crippen LogP contribution in [-0.4, -0.2) is 45.4 Å². The molecule has 0 saturated carbocycles. The average molecular weight is 388 g/mol. The second kappa shape index (κ2) is 9.85. The van der Waals surface area contributed by atoms with Gasteiger partial charge in [-0.3, -0.25) is 0 Å². The third kappa shape index (κ3) is 3.99. The van der Waals surface area contributed by atoms with Crippen molar-refractivity contribution in [2.45, 2.75) is 19.8 Å². The summed E-state index contributed by atoms with van der Waals surface area (Å²) in [7, 11) is 4.68. The summed E-state index contributed by atoms with van der Waals surface area (Å²) in [5.41, 5.74) is 9.43. The molecular formula is C21H28N2O5. The SMILES string of the molecule is C=CCc1c(C(=O)OCC)[nH]c(CCN)c1-c1ccc(OC)c(OC)c1OC. The Labute approximate surface area is 165 Å². The maximum Gasteiger partial charge on any atom is 0.355 e. The second-order valence-corrected chi connectivity index (χ2v) is 5.97. The Kier molecular flexibility index (Phi) is 7.52. The van der Waals surface area contributed by atoms with Crippen LogP contribution in [0, 0.1) is 0 Å². The number of carbonyl (C=O) groups excluding carboxylic acids is 1. The molecule has 0 bridgehead atoms. The molecule has 0 radical (unpaired) electrons. The first-order chi connectivity index (χ1) is 13.6. The molecular weight excluding hydrogens is 360 g/mol. The number of nitrogens with two attached hydrogens (primary N) is 1. The molecule has 1 aromatic carbocycles. The van der Waals surface area contributed by atoms with Crippen LogP contribution in [0.1, 0.15) is 28.7 Å². The Balaban J connectivity index is 2.82. The highest BCUT2D eigenvalue weighted by Gasteiger charge is 2.27. The van der Waals surface area contributed by atoms with Crippen LogP contribution in [0.5, 0.6) is 17.2 Å². The summed E-state index contributed by atoms with van der Waals surface area (Å²) in [6.45, 7) is 6.30. The fourth-order valence-corrected chi connectivity index (χ4v) is 3.28. The molecule has 1 heterocycles. The van der Waals surface area contributed by atoms with Crippen LogP contribution in [0.15, 0.2) is 24.8 Å². The number of rotatable bonds is 10. The summed E-state index contributed by atoms with van der Waals surface area (Å²) in [6.07, 6.45) is 2.77. The van der Waals surface area contributed by atoms with Crippen molar-refractivity contribution in [2.75, 3.05) is 34.5 Å². The van der Waals surface area contributed by atoms with E-state index >= 15 is 0 Å². The number of aromatic nitrogens is 1. The Bertz CT molecular complexity index is 842. The van der Waals surface area contributed by atoms with Crippen molar-refractivity contribution in [3.63, 3.8) is 0 Å². The molecule has 0 fully saturated rings. The fraction of sp³-hybridized carbons (Fsp3) is 0.381. The van der Waals surface area contributed by atoms with Gasteiger partial charge >= 0.3 is 5.97 Å². The molecule has 1 aromatic heterocycles. The van der Waals surface area contributed by atoms with Gasteiger partial charge in [0.2, 0.25) is 5.75 Å². The number of aromatic amines is 1. The normalized spacial score (nSPS) is 10.5. The molecule has 0 spiro atoms. The van der Waals surface area contributed by atoms with Crippen molar-refractivity contribution in [1.82, 2.24) is 4.98 Å². The van der Waals surface area contributed by atoms with Crippen molar-refractivity contribution < 1.29 is 23.7 Å². The molecule has 7 nitrogen and oxygen atoms in total. The fourth-order valence-electron chi connectivity index (χ4n) is 3.28. The smallest absolute Gasteiger partial charge is 0.355 e. The van der Waals surface area contributed by atoms with Gasteiger partial charge in [0.05, 0.1) is 27.9 Å². The zero-order valence-electron chi connectivity index (χ0n) is 16.9. The van der Waals surface area contributed by atoms with E-state index in [1.54, 1.807) is 40.4 Å². The lowest BCUT2D eigenvalue weighted by Gasteiger charge is -2.17. The van der Waals surface area contributed by atoms with Gasteiger partial charge < -0.3 is 29.7 Å². The van der Waals surface area contributed by atoms with Crippen molar-refractivity contribution in [1.29, 1.82) is 0 Å². The highest BCUT2D eigenvalue weighted by Crippen LogP contribution is 2.46. The number of nitrogens with one attached hydrogen (secondary N) is 1. The Morgan fingerprint density at radius 1 is 1.18 bits per heavy atom. The van der Waals surface area contributed by atoms with Crippen LogP contribution < -0.4 is 19.9 Å². The van der Waals surface area contributed by atoms with E-state index in [-0.39, 0.29) is 6.61 Å². The van der Waals surface area contributed by atoms with Crippen LogP contribution in [0.2, 0.25) is 0 Å². The topological polar surface area (TPSA) is 95.8 Å². The number of carbonyl (C=O) groups is 1. The van der Waals surface area contributed by atoms with Crippen LogP contribution in [0.4, 0.5) is 0 Å². The number of hydrogen-bond acceptors (Lipinski definition) is 6. The van der Waals surface area contributed by atoms with Gasteiger partial charge in [-0.25, -0.2) is 4.79 Å². The molecule has 0 aliphatic heterocycles. The van der Waals surface area contributed by atoms with E-state index in [0.717, 1.165) is 22.4 Å². The summed E-state index contributed by atoms with van der Waals surface area (Å²) in [6, 6.07) is 3.68. The zero-order chi connectivity index (χ0) is 20.7. The molecule has 152 valence electrons. The third-order valence-electron chi connectivity index (χ3n) is 4.38. The molecule has 0 atom stereocenters. The van der Waals surface area contributed by atoms with Gasteiger partial charge in [0.25, 0.3) is 0 Å². The number of H-pyrrole nitrogens is 1. The molecule has 2 rings (SSSR count). The van der Waals surface area contributed by atoms with Gasteiger partial charge in [-0.15, -0.1) is 6.58 Å². The lowest BCUT2D eigenvalue weighted by molar-refractivity contribution is 0.0519. The highest BCUT2D eigenvalue weighted by molar-refractivity contribution is 5.94. The molecule has 0 amide bonds. The van der Waals surface area contributed by atoms with Crippen LogP contribution >= 0.6 is 0 Å². The van der Waals surface area contributed by atoms with Crippen molar-refractivity contribution >= 4 is 5.97 Å². The largest absolute Gasteiger partial charge is 0.493 e. The van der Waals surface area contributed by atoms with Crippen molar-refractivity contribution in [2.24, 2.45) is 5.73 Å². The number of ether oxygens (including phenoxy) is 4. The summed E-state index contributed by atoms with van der Waals surface area (Å²) in [4.78, 5) is 15.7. The molecule has 2 aromatic rings. The Hall–Kier alpha value is -2.93. The van der Waals surface area contributed by atoms with E-state index in [2.05, 4.69) is 11.6 Å². The quantitative estimate of drug-likeness (QED) is 0.480.